The average Bonchev–Trinajstić information content (AvgIpc) is 2.45. The molecule has 1 amide bonds. The molecule has 1 aromatic carbocycles. The van der Waals surface area contributed by atoms with E-state index in [1.165, 1.54) is 0 Å². The Kier molecular flexibility index (Phi) is 4.58. The van der Waals surface area contributed by atoms with Crippen LogP contribution in [0.1, 0.15) is 36.7 Å². The molecule has 1 N–H and O–H groups in total. The molecule has 2 aromatic rings. The van der Waals surface area contributed by atoms with Crippen LogP contribution >= 0.6 is 0 Å². The first-order valence-electron chi connectivity index (χ1n) is 6.90. The van der Waals surface area contributed by atoms with Crippen molar-refractivity contribution in [3.05, 3.63) is 59.9 Å². The van der Waals surface area contributed by atoms with E-state index in [9.17, 15) is 4.79 Å². The number of rotatable bonds is 4. The van der Waals surface area contributed by atoms with Crippen LogP contribution in [0.15, 0.2) is 48.8 Å². The summed E-state index contributed by atoms with van der Waals surface area (Å²) in [5, 5.41) is 2.86. The number of aromatic nitrogens is 1. The lowest BCUT2D eigenvalue weighted by Gasteiger charge is -2.21. The largest absolute Gasteiger partial charge is 0.488 e. The molecule has 0 aliphatic carbocycles. The van der Waals surface area contributed by atoms with Gasteiger partial charge in [-0.25, -0.2) is 0 Å². The number of nitrogens with zero attached hydrogens (tertiary/aromatic N) is 1. The Balaban J connectivity index is 1.94. The molecule has 2 rings (SSSR count). The third-order valence-corrected chi connectivity index (χ3v) is 2.72. The van der Waals surface area contributed by atoms with Crippen LogP contribution in [0.2, 0.25) is 0 Å². The molecule has 0 saturated heterocycles. The van der Waals surface area contributed by atoms with Crippen molar-refractivity contribution < 1.29 is 9.53 Å². The zero-order chi connectivity index (χ0) is 15.3. The van der Waals surface area contributed by atoms with Crippen LogP contribution in [0, 0.1) is 0 Å². The summed E-state index contributed by atoms with van der Waals surface area (Å²) >= 11 is 0. The number of ether oxygens (including phenoxy) is 1. The van der Waals surface area contributed by atoms with Gasteiger partial charge in [-0.3, -0.25) is 9.78 Å². The molecule has 4 nitrogen and oxygen atoms in total. The average molecular weight is 284 g/mol. The minimum atomic E-state index is -0.246. The number of carbonyl (C=O) groups excluding carboxylic acids is 1. The monoisotopic (exact) mass is 284 g/mol. The quantitative estimate of drug-likeness (QED) is 0.938. The van der Waals surface area contributed by atoms with Crippen LogP contribution in [-0.4, -0.2) is 16.5 Å². The van der Waals surface area contributed by atoms with Crippen molar-refractivity contribution in [1.82, 2.24) is 10.3 Å². The van der Waals surface area contributed by atoms with Gasteiger partial charge in [-0.1, -0.05) is 6.07 Å². The van der Waals surface area contributed by atoms with E-state index in [0.29, 0.717) is 12.1 Å². The number of carbonyl (C=O) groups is 1. The Morgan fingerprint density at radius 3 is 2.48 bits per heavy atom. The standard InChI is InChI=1S/C17H20N2O2/c1-17(2,3)21-15-8-6-14(7-9-15)16(20)19-12-13-5-4-10-18-11-13/h4-11H,12H2,1-3H3,(H,19,20). The van der Waals surface area contributed by atoms with Gasteiger partial charge in [-0.15, -0.1) is 0 Å². The van der Waals surface area contributed by atoms with Gasteiger partial charge < -0.3 is 10.1 Å². The zero-order valence-corrected chi connectivity index (χ0v) is 12.6. The van der Waals surface area contributed by atoms with E-state index < -0.39 is 0 Å². The molecule has 0 aliphatic heterocycles. The number of nitrogens with one attached hydrogen (secondary N) is 1. The maximum absolute atomic E-state index is 12.0. The van der Waals surface area contributed by atoms with Crippen LogP contribution in [0.25, 0.3) is 0 Å². The van der Waals surface area contributed by atoms with Crippen molar-refractivity contribution in [1.29, 1.82) is 0 Å². The van der Waals surface area contributed by atoms with Gasteiger partial charge in [0.15, 0.2) is 0 Å². The first kappa shape index (κ1) is 15.0. The molecule has 1 aromatic heterocycles. The Labute approximate surface area is 125 Å². The summed E-state index contributed by atoms with van der Waals surface area (Å²) in [5.74, 6) is 0.646. The molecule has 21 heavy (non-hydrogen) atoms. The normalized spacial score (nSPS) is 11.0. The summed E-state index contributed by atoms with van der Waals surface area (Å²) in [6, 6.07) is 10.9. The molecule has 0 spiro atoms. The molecular weight excluding hydrogens is 264 g/mol. The Bertz CT molecular complexity index is 586. The van der Waals surface area contributed by atoms with Crippen molar-refractivity contribution in [3.8, 4) is 5.75 Å². The fourth-order valence-electron chi connectivity index (χ4n) is 1.82. The smallest absolute Gasteiger partial charge is 0.251 e. The number of amides is 1. The summed E-state index contributed by atoms with van der Waals surface area (Å²) in [6.07, 6.45) is 3.44. The van der Waals surface area contributed by atoms with Crippen molar-refractivity contribution in [2.24, 2.45) is 0 Å². The van der Waals surface area contributed by atoms with E-state index in [4.69, 9.17) is 4.74 Å². The topological polar surface area (TPSA) is 51.2 Å². The summed E-state index contributed by atoms with van der Waals surface area (Å²) < 4.78 is 5.73. The minimum Gasteiger partial charge on any atom is -0.488 e. The van der Waals surface area contributed by atoms with Crippen molar-refractivity contribution in [3.63, 3.8) is 0 Å². The zero-order valence-electron chi connectivity index (χ0n) is 12.6. The molecule has 1 heterocycles. The second kappa shape index (κ2) is 6.39. The molecule has 0 fully saturated rings. The Morgan fingerprint density at radius 1 is 1.19 bits per heavy atom. The van der Waals surface area contributed by atoms with Gasteiger partial charge in [0, 0.05) is 24.5 Å². The van der Waals surface area contributed by atoms with Gasteiger partial charge in [-0.05, 0) is 56.7 Å². The predicted octanol–water partition coefficient (Wildman–Crippen LogP) is 3.19. The lowest BCUT2D eigenvalue weighted by atomic mass is 10.1. The SMILES string of the molecule is CC(C)(C)Oc1ccc(C(=O)NCc2cccnc2)cc1. The molecule has 110 valence electrons. The molecule has 0 bridgehead atoms. The van der Waals surface area contributed by atoms with Gasteiger partial charge in [-0.2, -0.15) is 0 Å². The first-order valence-corrected chi connectivity index (χ1v) is 6.90. The molecule has 0 radical (unpaired) electrons. The second-order valence-corrected chi connectivity index (χ2v) is 5.78. The highest BCUT2D eigenvalue weighted by atomic mass is 16.5. The van der Waals surface area contributed by atoms with E-state index in [2.05, 4.69) is 10.3 Å². The Hall–Kier alpha value is -2.36. The van der Waals surface area contributed by atoms with E-state index in [-0.39, 0.29) is 11.5 Å². The fourth-order valence-corrected chi connectivity index (χ4v) is 1.82. The van der Waals surface area contributed by atoms with Crippen LogP contribution in [0.3, 0.4) is 0 Å². The number of hydrogen-bond acceptors (Lipinski definition) is 3. The minimum absolute atomic E-state index is 0.110. The number of benzene rings is 1. The van der Waals surface area contributed by atoms with Crippen molar-refractivity contribution in [2.45, 2.75) is 32.9 Å². The van der Waals surface area contributed by atoms with Crippen molar-refractivity contribution in [2.75, 3.05) is 0 Å². The number of pyridine rings is 1. The highest BCUT2D eigenvalue weighted by Crippen LogP contribution is 2.18. The second-order valence-electron chi connectivity index (χ2n) is 5.78. The predicted molar refractivity (Wildman–Crippen MR) is 82.2 cm³/mol. The lowest BCUT2D eigenvalue weighted by Crippen LogP contribution is -2.24. The van der Waals surface area contributed by atoms with E-state index >= 15 is 0 Å². The van der Waals surface area contributed by atoms with Crippen LogP contribution in [0.4, 0.5) is 0 Å². The van der Waals surface area contributed by atoms with Gasteiger partial charge in [0.2, 0.25) is 0 Å². The summed E-state index contributed by atoms with van der Waals surface area (Å²) in [4.78, 5) is 16.1. The maximum Gasteiger partial charge on any atom is 0.251 e. The maximum atomic E-state index is 12.0. The molecule has 4 heteroatoms. The summed E-state index contributed by atoms with van der Waals surface area (Å²) in [7, 11) is 0. The lowest BCUT2D eigenvalue weighted by molar-refractivity contribution is 0.0951. The van der Waals surface area contributed by atoms with E-state index in [1.54, 1.807) is 24.5 Å². The molecular formula is C17H20N2O2. The van der Waals surface area contributed by atoms with Gasteiger partial charge in [0.1, 0.15) is 11.4 Å². The van der Waals surface area contributed by atoms with Gasteiger partial charge in [0.25, 0.3) is 5.91 Å². The summed E-state index contributed by atoms with van der Waals surface area (Å²) in [5.41, 5.74) is 1.34. The Morgan fingerprint density at radius 2 is 1.90 bits per heavy atom. The summed E-state index contributed by atoms with van der Waals surface area (Å²) in [6.45, 7) is 6.43. The van der Waals surface area contributed by atoms with Crippen LogP contribution in [0.5, 0.6) is 5.75 Å². The van der Waals surface area contributed by atoms with Crippen molar-refractivity contribution >= 4 is 5.91 Å². The fraction of sp³-hybridized carbons (Fsp3) is 0.294. The molecule has 0 aliphatic rings. The van der Waals surface area contributed by atoms with Gasteiger partial charge in [0.05, 0.1) is 0 Å². The third-order valence-electron chi connectivity index (χ3n) is 2.72. The number of hydrogen-bond donors (Lipinski definition) is 1. The third kappa shape index (κ3) is 4.91. The first-order chi connectivity index (χ1) is 9.94. The van der Waals surface area contributed by atoms with Gasteiger partial charge >= 0.3 is 0 Å². The highest BCUT2D eigenvalue weighted by molar-refractivity contribution is 5.94. The molecule has 0 saturated carbocycles. The van der Waals surface area contributed by atoms with E-state index in [1.807, 2.05) is 45.0 Å². The van der Waals surface area contributed by atoms with E-state index in [0.717, 1.165) is 11.3 Å². The van der Waals surface area contributed by atoms with Crippen LogP contribution in [-0.2, 0) is 6.54 Å². The highest BCUT2D eigenvalue weighted by Gasteiger charge is 2.12. The van der Waals surface area contributed by atoms with Crippen LogP contribution < -0.4 is 10.1 Å². The molecule has 0 unspecified atom stereocenters. The molecule has 0 atom stereocenters.